The molecular formula is C11H21N. The quantitative estimate of drug-likeness (QED) is 0.638. The summed E-state index contributed by atoms with van der Waals surface area (Å²) in [5.41, 5.74) is 6.78. The zero-order valence-electron chi connectivity index (χ0n) is 8.18. The van der Waals surface area contributed by atoms with Crippen LogP contribution in [0.25, 0.3) is 0 Å². The minimum atomic E-state index is 0.436. The molecule has 1 heteroatoms. The van der Waals surface area contributed by atoms with Crippen molar-refractivity contribution in [1.29, 1.82) is 0 Å². The van der Waals surface area contributed by atoms with E-state index in [0.29, 0.717) is 6.04 Å². The van der Waals surface area contributed by atoms with Crippen molar-refractivity contribution < 1.29 is 0 Å². The van der Waals surface area contributed by atoms with Gasteiger partial charge in [0, 0.05) is 6.04 Å². The molecule has 1 spiro atoms. The zero-order chi connectivity index (χ0) is 8.60. The molecule has 2 atom stereocenters. The van der Waals surface area contributed by atoms with Crippen LogP contribution in [0.4, 0.5) is 0 Å². The smallest absolute Gasteiger partial charge is 0.00440 e. The molecule has 2 aliphatic rings. The zero-order valence-corrected chi connectivity index (χ0v) is 8.18. The first-order chi connectivity index (χ1) is 5.75. The molecule has 0 aliphatic heterocycles. The van der Waals surface area contributed by atoms with Crippen molar-refractivity contribution in [2.24, 2.45) is 17.1 Å². The summed E-state index contributed by atoms with van der Waals surface area (Å²) in [7, 11) is 0. The maximum absolute atomic E-state index is 6.05. The molecule has 0 radical (unpaired) electrons. The fraction of sp³-hybridized carbons (Fsp3) is 1.00. The lowest BCUT2D eigenvalue weighted by atomic mass is 9.80. The fourth-order valence-electron chi connectivity index (χ4n) is 3.11. The normalized spacial score (nSPS) is 36.0. The first-order valence-corrected chi connectivity index (χ1v) is 5.50. The van der Waals surface area contributed by atoms with Crippen LogP contribution < -0.4 is 5.73 Å². The molecule has 0 amide bonds. The fourth-order valence-corrected chi connectivity index (χ4v) is 3.11. The Bertz CT molecular complexity index is 158. The monoisotopic (exact) mass is 167 g/mol. The molecule has 0 aromatic rings. The van der Waals surface area contributed by atoms with Crippen molar-refractivity contribution in [3.8, 4) is 0 Å². The second kappa shape index (κ2) is 3.02. The molecule has 2 N–H and O–H groups in total. The molecule has 0 aromatic heterocycles. The first-order valence-electron chi connectivity index (χ1n) is 5.50. The highest BCUT2D eigenvalue weighted by molar-refractivity contribution is 5.01. The van der Waals surface area contributed by atoms with Gasteiger partial charge in [0.05, 0.1) is 0 Å². The molecule has 1 nitrogen and oxygen atoms in total. The van der Waals surface area contributed by atoms with E-state index >= 15 is 0 Å². The van der Waals surface area contributed by atoms with E-state index in [1.54, 1.807) is 0 Å². The molecule has 12 heavy (non-hydrogen) atoms. The molecule has 0 heterocycles. The highest BCUT2D eigenvalue weighted by Crippen LogP contribution is 2.59. The Kier molecular flexibility index (Phi) is 2.16. The summed E-state index contributed by atoms with van der Waals surface area (Å²) in [5.74, 6) is 0.847. The van der Waals surface area contributed by atoms with E-state index in [-0.39, 0.29) is 0 Å². The lowest BCUT2D eigenvalue weighted by molar-refractivity contribution is 0.250. The Hall–Kier alpha value is -0.0400. The van der Waals surface area contributed by atoms with Gasteiger partial charge >= 0.3 is 0 Å². The lowest BCUT2D eigenvalue weighted by Crippen LogP contribution is -2.33. The van der Waals surface area contributed by atoms with Crippen LogP contribution in [0.3, 0.4) is 0 Å². The summed E-state index contributed by atoms with van der Waals surface area (Å²) in [6.45, 7) is 2.20. The van der Waals surface area contributed by atoms with Gasteiger partial charge < -0.3 is 5.73 Å². The van der Waals surface area contributed by atoms with Crippen molar-refractivity contribution in [3.05, 3.63) is 0 Å². The highest BCUT2D eigenvalue weighted by atomic mass is 14.7. The SMILES string of the molecule is CC(N)C1CCCCCC12CC2. The molecule has 0 bridgehead atoms. The third-order valence-corrected chi connectivity index (χ3v) is 4.00. The average Bonchev–Trinajstić information content (AvgIpc) is 2.80. The summed E-state index contributed by atoms with van der Waals surface area (Å²) in [6, 6.07) is 0.436. The molecule has 2 rings (SSSR count). The third-order valence-electron chi connectivity index (χ3n) is 4.00. The molecule has 0 saturated heterocycles. The van der Waals surface area contributed by atoms with Crippen molar-refractivity contribution >= 4 is 0 Å². The Morgan fingerprint density at radius 2 is 1.92 bits per heavy atom. The second-order valence-electron chi connectivity index (χ2n) is 4.93. The van der Waals surface area contributed by atoms with Crippen LogP contribution >= 0.6 is 0 Å². The van der Waals surface area contributed by atoms with Gasteiger partial charge in [0.25, 0.3) is 0 Å². The van der Waals surface area contributed by atoms with Gasteiger partial charge in [0.2, 0.25) is 0 Å². The molecule has 70 valence electrons. The van der Waals surface area contributed by atoms with Gasteiger partial charge in [-0.05, 0) is 43.9 Å². The van der Waals surface area contributed by atoms with E-state index in [2.05, 4.69) is 6.92 Å². The number of hydrogen-bond donors (Lipinski definition) is 1. The Balaban J connectivity index is 2.06. The Morgan fingerprint density at radius 3 is 2.50 bits per heavy atom. The summed E-state index contributed by atoms with van der Waals surface area (Å²) in [5, 5.41) is 0. The van der Waals surface area contributed by atoms with E-state index in [1.807, 2.05) is 0 Å². The Labute approximate surface area is 75.7 Å². The molecular weight excluding hydrogens is 146 g/mol. The van der Waals surface area contributed by atoms with Gasteiger partial charge in [0.1, 0.15) is 0 Å². The predicted molar refractivity (Wildman–Crippen MR) is 51.9 cm³/mol. The Morgan fingerprint density at radius 1 is 1.17 bits per heavy atom. The summed E-state index contributed by atoms with van der Waals surface area (Å²) < 4.78 is 0. The van der Waals surface area contributed by atoms with Crippen LogP contribution in [0, 0.1) is 11.3 Å². The van der Waals surface area contributed by atoms with Crippen LogP contribution in [-0.2, 0) is 0 Å². The van der Waals surface area contributed by atoms with Gasteiger partial charge in [-0.15, -0.1) is 0 Å². The highest BCUT2D eigenvalue weighted by Gasteiger charge is 2.49. The van der Waals surface area contributed by atoms with Crippen molar-refractivity contribution in [3.63, 3.8) is 0 Å². The van der Waals surface area contributed by atoms with Gasteiger partial charge in [-0.2, -0.15) is 0 Å². The van der Waals surface area contributed by atoms with E-state index in [4.69, 9.17) is 5.73 Å². The molecule has 0 aromatic carbocycles. The second-order valence-corrected chi connectivity index (χ2v) is 4.93. The average molecular weight is 167 g/mol. The number of rotatable bonds is 1. The van der Waals surface area contributed by atoms with E-state index in [9.17, 15) is 0 Å². The molecule has 2 saturated carbocycles. The maximum Gasteiger partial charge on any atom is 0.00440 e. The third kappa shape index (κ3) is 1.39. The lowest BCUT2D eigenvalue weighted by Gasteiger charge is -2.28. The topological polar surface area (TPSA) is 26.0 Å². The van der Waals surface area contributed by atoms with Crippen LogP contribution in [0.1, 0.15) is 51.9 Å². The van der Waals surface area contributed by atoms with Crippen LogP contribution in [0.15, 0.2) is 0 Å². The van der Waals surface area contributed by atoms with Crippen LogP contribution in [-0.4, -0.2) is 6.04 Å². The number of hydrogen-bond acceptors (Lipinski definition) is 1. The van der Waals surface area contributed by atoms with Gasteiger partial charge in [0.15, 0.2) is 0 Å². The van der Waals surface area contributed by atoms with E-state index in [0.717, 1.165) is 11.3 Å². The largest absolute Gasteiger partial charge is 0.328 e. The summed E-state index contributed by atoms with van der Waals surface area (Å²) in [6.07, 6.45) is 10.2. The van der Waals surface area contributed by atoms with Crippen molar-refractivity contribution in [2.45, 2.75) is 57.9 Å². The van der Waals surface area contributed by atoms with Gasteiger partial charge in [-0.1, -0.05) is 19.3 Å². The minimum Gasteiger partial charge on any atom is -0.328 e. The maximum atomic E-state index is 6.05. The van der Waals surface area contributed by atoms with Gasteiger partial charge in [-0.3, -0.25) is 0 Å². The van der Waals surface area contributed by atoms with E-state index in [1.165, 1.54) is 44.9 Å². The first kappa shape index (κ1) is 8.55. The predicted octanol–water partition coefficient (Wildman–Crippen LogP) is 2.69. The van der Waals surface area contributed by atoms with Crippen LogP contribution in [0.2, 0.25) is 0 Å². The standard InChI is InChI=1S/C11H21N/c1-9(12)10-5-3-2-4-6-11(10)7-8-11/h9-10H,2-8,12H2,1H3. The summed E-state index contributed by atoms with van der Waals surface area (Å²) >= 11 is 0. The molecule has 2 fully saturated rings. The van der Waals surface area contributed by atoms with Crippen molar-refractivity contribution in [1.82, 2.24) is 0 Å². The molecule has 2 unspecified atom stereocenters. The molecule has 2 aliphatic carbocycles. The van der Waals surface area contributed by atoms with Crippen LogP contribution in [0.5, 0.6) is 0 Å². The van der Waals surface area contributed by atoms with Gasteiger partial charge in [-0.25, -0.2) is 0 Å². The summed E-state index contributed by atoms with van der Waals surface area (Å²) in [4.78, 5) is 0. The van der Waals surface area contributed by atoms with E-state index < -0.39 is 0 Å². The number of nitrogens with two attached hydrogens (primary N) is 1. The van der Waals surface area contributed by atoms with Crippen molar-refractivity contribution in [2.75, 3.05) is 0 Å². The minimum absolute atomic E-state index is 0.436.